The van der Waals surface area contributed by atoms with Crippen LogP contribution in [0.4, 0.5) is 11.4 Å². The first-order valence-electron chi connectivity index (χ1n) is 5.11. The van der Waals surface area contributed by atoms with Gasteiger partial charge in [-0.25, -0.2) is 0 Å². The summed E-state index contributed by atoms with van der Waals surface area (Å²) < 4.78 is 5.69. The molecule has 2 aromatic rings. The molecule has 0 saturated heterocycles. The van der Waals surface area contributed by atoms with Gasteiger partial charge < -0.3 is 10.1 Å². The molecule has 1 aliphatic rings. The van der Waals surface area contributed by atoms with Gasteiger partial charge in [-0.2, -0.15) is 0 Å². The van der Waals surface area contributed by atoms with Gasteiger partial charge in [-0.05, 0) is 24.3 Å². The lowest BCUT2D eigenvalue weighted by atomic mass is 10.1. The molecule has 17 heavy (non-hydrogen) atoms. The average Bonchev–Trinajstić information content (AvgIpc) is 2.36. The van der Waals surface area contributed by atoms with Crippen LogP contribution in [0.5, 0.6) is 11.5 Å². The number of hydrogen-bond donors (Lipinski definition) is 1. The zero-order chi connectivity index (χ0) is 11.8. The largest absolute Gasteiger partial charge is 0.453 e. The van der Waals surface area contributed by atoms with E-state index in [0.29, 0.717) is 33.5 Å². The van der Waals surface area contributed by atoms with Crippen LogP contribution >= 0.6 is 11.6 Å². The van der Waals surface area contributed by atoms with Crippen LogP contribution < -0.4 is 10.1 Å². The van der Waals surface area contributed by atoms with Gasteiger partial charge in [-0.1, -0.05) is 23.7 Å². The first-order valence-corrected chi connectivity index (χ1v) is 5.49. The lowest BCUT2D eigenvalue weighted by Crippen LogP contribution is -2.05. The fourth-order valence-electron chi connectivity index (χ4n) is 1.82. The van der Waals surface area contributed by atoms with Gasteiger partial charge in [0.05, 0.1) is 10.7 Å². The molecule has 3 nitrogen and oxygen atoms in total. The van der Waals surface area contributed by atoms with E-state index >= 15 is 0 Å². The van der Waals surface area contributed by atoms with Crippen LogP contribution in [-0.4, -0.2) is 6.29 Å². The van der Waals surface area contributed by atoms with Crippen molar-refractivity contribution in [3.8, 4) is 11.5 Å². The number of anilines is 2. The Kier molecular flexibility index (Phi) is 2.27. The highest BCUT2D eigenvalue weighted by Gasteiger charge is 2.20. The maximum atomic E-state index is 10.9. The van der Waals surface area contributed by atoms with Crippen molar-refractivity contribution in [3.63, 3.8) is 0 Å². The number of para-hydroxylation sites is 2. The molecule has 0 spiro atoms. The third-order valence-electron chi connectivity index (χ3n) is 2.63. The van der Waals surface area contributed by atoms with Crippen molar-refractivity contribution in [1.29, 1.82) is 0 Å². The third kappa shape index (κ3) is 1.56. The second-order valence-corrected chi connectivity index (χ2v) is 4.09. The van der Waals surface area contributed by atoms with Gasteiger partial charge in [0.1, 0.15) is 5.69 Å². The van der Waals surface area contributed by atoms with Gasteiger partial charge >= 0.3 is 0 Å². The van der Waals surface area contributed by atoms with Crippen molar-refractivity contribution in [2.45, 2.75) is 0 Å². The van der Waals surface area contributed by atoms with E-state index in [0.717, 1.165) is 6.29 Å². The van der Waals surface area contributed by atoms with E-state index in [1.165, 1.54) is 0 Å². The fraction of sp³-hybridized carbons (Fsp3) is 0. The van der Waals surface area contributed by atoms with Crippen molar-refractivity contribution in [1.82, 2.24) is 0 Å². The first-order chi connectivity index (χ1) is 8.29. The molecule has 2 aromatic carbocycles. The number of aldehydes is 1. The maximum Gasteiger partial charge on any atom is 0.152 e. The predicted octanol–water partition coefficient (Wildman–Crippen LogP) is 4.00. The number of carbonyl (C=O) groups is 1. The van der Waals surface area contributed by atoms with Crippen molar-refractivity contribution in [3.05, 3.63) is 47.0 Å². The van der Waals surface area contributed by atoms with E-state index < -0.39 is 0 Å². The SMILES string of the molecule is O=Cc1cccc2c1Nc1c(Cl)cccc1O2. The lowest BCUT2D eigenvalue weighted by Gasteiger charge is -2.23. The van der Waals surface area contributed by atoms with Crippen LogP contribution in [0, 0.1) is 0 Å². The van der Waals surface area contributed by atoms with Crippen LogP contribution in [0.3, 0.4) is 0 Å². The quantitative estimate of drug-likeness (QED) is 0.659. The van der Waals surface area contributed by atoms with E-state index in [9.17, 15) is 4.79 Å². The van der Waals surface area contributed by atoms with Crippen LogP contribution in [0.1, 0.15) is 10.4 Å². The molecule has 4 heteroatoms. The number of ether oxygens (including phenoxy) is 1. The highest BCUT2D eigenvalue weighted by molar-refractivity contribution is 6.33. The minimum absolute atomic E-state index is 0.549. The molecule has 0 fully saturated rings. The number of fused-ring (bicyclic) bond motifs is 2. The Hall–Kier alpha value is -2.00. The van der Waals surface area contributed by atoms with E-state index in [1.807, 2.05) is 12.1 Å². The summed E-state index contributed by atoms with van der Waals surface area (Å²) in [4.78, 5) is 10.9. The van der Waals surface area contributed by atoms with E-state index in [-0.39, 0.29) is 0 Å². The van der Waals surface area contributed by atoms with Gasteiger partial charge in [0.25, 0.3) is 0 Å². The molecular weight excluding hydrogens is 238 g/mol. The number of nitrogens with one attached hydrogen (secondary N) is 1. The van der Waals surface area contributed by atoms with E-state index in [1.54, 1.807) is 24.3 Å². The van der Waals surface area contributed by atoms with Gasteiger partial charge in [0.15, 0.2) is 17.8 Å². The molecular formula is C13H8ClNO2. The van der Waals surface area contributed by atoms with Crippen molar-refractivity contribution in [2.24, 2.45) is 0 Å². The minimum Gasteiger partial charge on any atom is -0.453 e. The summed E-state index contributed by atoms with van der Waals surface area (Å²) in [5, 5.41) is 3.70. The molecule has 1 heterocycles. The number of halogens is 1. The monoisotopic (exact) mass is 245 g/mol. The second kappa shape index (κ2) is 3.79. The summed E-state index contributed by atoms with van der Waals surface area (Å²) in [7, 11) is 0. The predicted molar refractivity (Wildman–Crippen MR) is 66.6 cm³/mol. The van der Waals surface area contributed by atoms with Crippen LogP contribution in [0.25, 0.3) is 0 Å². The van der Waals surface area contributed by atoms with Gasteiger partial charge in [0, 0.05) is 5.56 Å². The number of hydrogen-bond acceptors (Lipinski definition) is 3. The topological polar surface area (TPSA) is 38.3 Å². The summed E-state index contributed by atoms with van der Waals surface area (Å²) in [5.74, 6) is 1.29. The molecule has 1 aliphatic heterocycles. The molecule has 0 aliphatic carbocycles. The van der Waals surface area contributed by atoms with Crippen LogP contribution in [0.15, 0.2) is 36.4 Å². The number of benzene rings is 2. The lowest BCUT2D eigenvalue weighted by molar-refractivity contribution is 0.112. The standard InChI is InChI=1S/C13H8ClNO2/c14-9-4-2-6-11-13(9)15-12-8(7-16)3-1-5-10(12)17-11/h1-7,15H. The summed E-state index contributed by atoms with van der Waals surface area (Å²) >= 11 is 6.07. The van der Waals surface area contributed by atoms with E-state index in [2.05, 4.69) is 5.32 Å². The molecule has 0 bridgehead atoms. The molecule has 0 aromatic heterocycles. The molecule has 0 atom stereocenters. The van der Waals surface area contributed by atoms with Crippen LogP contribution in [-0.2, 0) is 0 Å². The smallest absolute Gasteiger partial charge is 0.152 e. The zero-order valence-corrected chi connectivity index (χ0v) is 9.49. The molecule has 0 amide bonds. The highest BCUT2D eigenvalue weighted by Crippen LogP contribution is 2.45. The fourth-order valence-corrected chi connectivity index (χ4v) is 2.03. The van der Waals surface area contributed by atoms with E-state index in [4.69, 9.17) is 16.3 Å². The summed E-state index contributed by atoms with van der Waals surface area (Å²) in [5.41, 5.74) is 1.90. The Morgan fingerprint density at radius 3 is 2.53 bits per heavy atom. The summed E-state index contributed by atoms with van der Waals surface area (Å²) in [6.07, 6.45) is 0.789. The van der Waals surface area contributed by atoms with Crippen molar-refractivity contribution < 1.29 is 9.53 Å². The highest BCUT2D eigenvalue weighted by atomic mass is 35.5. The van der Waals surface area contributed by atoms with Gasteiger partial charge in [-0.3, -0.25) is 4.79 Å². The summed E-state index contributed by atoms with van der Waals surface area (Å²) in [6, 6.07) is 10.7. The summed E-state index contributed by atoms with van der Waals surface area (Å²) in [6.45, 7) is 0. The first kappa shape index (κ1) is 10.2. The average molecular weight is 246 g/mol. The normalized spacial score (nSPS) is 11.8. The van der Waals surface area contributed by atoms with Crippen molar-refractivity contribution >= 4 is 29.3 Å². The Morgan fingerprint density at radius 2 is 1.76 bits per heavy atom. The van der Waals surface area contributed by atoms with Gasteiger partial charge in [-0.15, -0.1) is 0 Å². The number of carbonyl (C=O) groups excluding carboxylic acids is 1. The third-order valence-corrected chi connectivity index (χ3v) is 2.95. The molecule has 84 valence electrons. The molecule has 0 saturated carbocycles. The molecule has 1 N–H and O–H groups in total. The Morgan fingerprint density at radius 1 is 1.06 bits per heavy atom. The Labute approximate surface area is 103 Å². The molecule has 0 unspecified atom stereocenters. The zero-order valence-electron chi connectivity index (χ0n) is 8.74. The Bertz CT molecular complexity index is 610. The second-order valence-electron chi connectivity index (χ2n) is 3.68. The Balaban J connectivity index is 2.18. The van der Waals surface area contributed by atoms with Crippen molar-refractivity contribution in [2.75, 3.05) is 5.32 Å². The van der Waals surface area contributed by atoms with Crippen LogP contribution in [0.2, 0.25) is 5.02 Å². The number of rotatable bonds is 1. The molecule has 3 rings (SSSR count). The minimum atomic E-state index is 0.549. The molecule has 0 radical (unpaired) electrons. The van der Waals surface area contributed by atoms with Gasteiger partial charge in [0.2, 0.25) is 0 Å². The maximum absolute atomic E-state index is 10.9.